The van der Waals surface area contributed by atoms with Crippen molar-refractivity contribution in [2.45, 2.75) is 32.8 Å². The zero-order chi connectivity index (χ0) is 19.9. The second-order valence-electron chi connectivity index (χ2n) is 6.91. The lowest BCUT2D eigenvalue weighted by atomic mass is 10.2. The smallest absolute Gasteiger partial charge is 0.407 e. The van der Waals surface area contributed by atoms with Gasteiger partial charge >= 0.3 is 6.09 Å². The van der Waals surface area contributed by atoms with Gasteiger partial charge in [0.25, 0.3) is 0 Å². The van der Waals surface area contributed by atoms with Gasteiger partial charge in [0, 0.05) is 18.7 Å². The van der Waals surface area contributed by atoms with Crippen molar-refractivity contribution in [3.63, 3.8) is 0 Å². The molecule has 7 heteroatoms. The standard InChI is InChI=1S/C20H24FN3O3/c1-20(2,3)27-19(26)22-12-11-18(25)24-17-13-14(21)9-10-16(17)23-15-7-5-4-6-8-15/h4-10,13,23H,11-12H2,1-3H3,(H,22,26)(H,24,25). The number of ether oxygens (including phenoxy) is 1. The van der Waals surface area contributed by atoms with Gasteiger partial charge in [-0.3, -0.25) is 4.79 Å². The normalized spacial score (nSPS) is 10.8. The molecular formula is C20H24FN3O3. The Morgan fingerprint density at radius 3 is 2.41 bits per heavy atom. The number of carbonyl (C=O) groups is 2. The number of benzene rings is 2. The van der Waals surface area contributed by atoms with Gasteiger partial charge in [0.2, 0.25) is 5.91 Å². The topological polar surface area (TPSA) is 79.5 Å². The number of para-hydroxylation sites is 1. The summed E-state index contributed by atoms with van der Waals surface area (Å²) in [6, 6.07) is 13.4. The highest BCUT2D eigenvalue weighted by Crippen LogP contribution is 2.26. The first-order valence-corrected chi connectivity index (χ1v) is 8.61. The van der Waals surface area contributed by atoms with E-state index in [4.69, 9.17) is 4.74 Å². The molecular weight excluding hydrogens is 349 g/mol. The average Bonchev–Trinajstić information content (AvgIpc) is 2.56. The Hall–Kier alpha value is -3.09. The summed E-state index contributed by atoms with van der Waals surface area (Å²) in [5.74, 6) is -0.816. The van der Waals surface area contributed by atoms with E-state index >= 15 is 0 Å². The summed E-state index contributed by atoms with van der Waals surface area (Å²) < 4.78 is 18.7. The number of halogens is 1. The molecule has 0 aliphatic carbocycles. The molecule has 2 amide bonds. The summed E-state index contributed by atoms with van der Waals surface area (Å²) in [6.07, 6.45) is -0.562. The van der Waals surface area contributed by atoms with Gasteiger partial charge in [-0.25, -0.2) is 9.18 Å². The molecule has 6 nitrogen and oxygen atoms in total. The third-order valence-electron chi connectivity index (χ3n) is 3.33. The van der Waals surface area contributed by atoms with Crippen molar-refractivity contribution in [1.82, 2.24) is 5.32 Å². The van der Waals surface area contributed by atoms with Crippen LogP contribution in [0.3, 0.4) is 0 Å². The Bertz CT molecular complexity index is 789. The molecule has 0 saturated carbocycles. The summed E-state index contributed by atoms with van der Waals surface area (Å²) in [5, 5.41) is 8.30. The molecule has 0 unspecified atom stereocenters. The van der Waals surface area contributed by atoms with E-state index in [0.717, 1.165) is 5.69 Å². The maximum absolute atomic E-state index is 13.6. The molecule has 0 radical (unpaired) electrons. The van der Waals surface area contributed by atoms with Gasteiger partial charge in [-0.2, -0.15) is 0 Å². The van der Waals surface area contributed by atoms with E-state index in [2.05, 4.69) is 16.0 Å². The van der Waals surface area contributed by atoms with Crippen molar-refractivity contribution in [2.24, 2.45) is 0 Å². The van der Waals surface area contributed by atoms with Crippen LogP contribution in [0.5, 0.6) is 0 Å². The van der Waals surface area contributed by atoms with Gasteiger partial charge in [0.05, 0.1) is 11.4 Å². The van der Waals surface area contributed by atoms with Crippen molar-refractivity contribution < 1.29 is 18.7 Å². The monoisotopic (exact) mass is 373 g/mol. The molecule has 0 aromatic heterocycles. The quantitative estimate of drug-likeness (QED) is 0.700. The van der Waals surface area contributed by atoms with Crippen molar-refractivity contribution in [1.29, 1.82) is 0 Å². The van der Waals surface area contributed by atoms with Crippen molar-refractivity contribution in [2.75, 3.05) is 17.2 Å². The molecule has 3 N–H and O–H groups in total. The number of hydrogen-bond acceptors (Lipinski definition) is 4. The summed E-state index contributed by atoms with van der Waals surface area (Å²) in [5.41, 5.74) is 1.09. The molecule has 0 aliphatic rings. The fourth-order valence-corrected chi connectivity index (χ4v) is 2.21. The van der Waals surface area contributed by atoms with Gasteiger partial charge < -0.3 is 20.7 Å². The van der Waals surface area contributed by atoms with E-state index in [9.17, 15) is 14.0 Å². The van der Waals surface area contributed by atoms with Crippen molar-refractivity contribution >= 4 is 29.1 Å². The lowest BCUT2D eigenvalue weighted by Crippen LogP contribution is -2.34. The number of anilines is 3. The van der Waals surface area contributed by atoms with Crippen molar-refractivity contribution in [3.05, 3.63) is 54.3 Å². The fourth-order valence-electron chi connectivity index (χ4n) is 2.21. The molecule has 0 saturated heterocycles. The minimum Gasteiger partial charge on any atom is -0.444 e. The molecule has 0 bridgehead atoms. The van der Waals surface area contributed by atoms with E-state index in [0.29, 0.717) is 11.4 Å². The van der Waals surface area contributed by atoms with E-state index in [1.807, 2.05) is 30.3 Å². The maximum Gasteiger partial charge on any atom is 0.407 e. The third kappa shape index (κ3) is 7.35. The predicted octanol–water partition coefficient (Wildman–Crippen LogP) is 4.42. The molecule has 0 spiro atoms. The molecule has 0 fully saturated rings. The van der Waals surface area contributed by atoms with Gasteiger partial charge in [-0.1, -0.05) is 18.2 Å². The second kappa shape index (κ2) is 9.02. The van der Waals surface area contributed by atoms with E-state index in [-0.39, 0.29) is 18.9 Å². The molecule has 2 aromatic rings. The highest BCUT2D eigenvalue weighted by atomic mass is 19.1. The largest absolute Gasteiger partial charge is 0.444 e. The van der Waals surface area contributed by atoms with Crippen LogP contribution in [0.2, 0.25) is 0 Å². The number of rotatable bonds is 6. The molecule has 27 heavy (non-hydrogen) atoms. The third-order valence-corrected chi connectivity index (χ3v) is 3.33. The van der Waals surface area contributed by atoms with Crippen LogP contribution in [0.15, 0.2) is 48.5 Å². The van der Waals surface area contributed by atoms with Crippen LogP contribution in [-0.4, -0.2) is 24.1 Å². The Kier molecular flexibility index (Phi) is 6.76. The fraction of sp³-hybridized carbons (Fsp3) is 0.300. The Morgan fingerprint density at radius 2 is 1.74 bits per heavy atom. The number of alkyl carbamates (subject to hydrolysis) is 1. The second-order valence-corrected chi connectivity index (χ2v) is 6.91. The SMILES string of the molecule is CC(C)(C)OC(=O)NCCC(=O)Nc1cc(F)ccc1Nc1ccccc1. The highest BCUT2D eigenvalue weighted by molar-refractivity contribution is 5.95. The molecule has 0 aliphatic heterocycles. The van der Waals surface area contributed by atoms with Crippen LogP contribution in [0.1, 0.15) is 27.2 Å². The van der Waals surface area contributed by atoms with E-state index in [1.165, 1.54) is 12.1 Å². The Morgan fingerprint density at radius 1 is 1.04 bits per heavy atom. The zero-order valence-electron chi connectivity index (χ0n) is 15.6. The first-order valence-electron chi connectivity index (χ1n) is 8.61. The van der Waals surface area contributed by atoms with Crippen LogP contribution in [-0.2, 0) is 9.53 Å². The summed E-state index contributed by atoms with van der Waals surface area (Å²) in [6.45, 7) is 5.37. The zero-order valence-corrected chi connectivity index (χ0v) is 15.6. The Balaban J connectivity index is 1.93. The van der Waals surface area contributed by atoms with Gasteiger partial charge in [0.15, 0.2) is 0 Å². The van der Waals surface area contributed by atoms with Crippen molar-refractivity contribution in [3.8, 4) is 0 Å². The predicted molar refractivity (Wildman–Crippen MR) is 104 cm³/mol. The molecule has 2 rings (SSSR count). The van der Waals surface area contributed by atoms with E-state index in [1.54, 1.807) is 26.8 Å². The lowest BCUT2D eigenvalue weighted by Gasteiger charge is -2.19. The maximum atomic E-state index is 13.6. The van der Waals surface area contributed by atoms with Gasteiger partial charge in [0.1, 0.15) is 11.4 Å². The summed E-state index contributed by atoms with van der Waals surface area (Å²) in [4.78, 5) is 23.7. The van der Waals surface area contributed by atoms with Gasteiger partial charge in [-0.05, 0) is 51.1 Å². The molecule has 144 valence electrons. The van der Waals surface area contributed by atoms with Crippen LogP contribution in [0, 0.1) is 5.82 Å². The number of nitrogens with one attached hydrogen (secondary N) is 3. The number of carbonyl (C=O) groups excluding carboxylic acids is 2. The van der Waals surface area contributed by atoms with Crippen LogP contribution < -0.4 is 16.0 Å². The first kappa shape index (κ1) is 20.2. The van der Waals surface area contributed by atoms with Crippen LogP contribution in [0.25, 0.3) is 0 Å². The van der Waals surface area contributed by atoms with E-state index < -0.39 is 17.5 Å². The first-order chi connectivity index (χ1) is 12.7. The number of amides is 2. The molecule has 0 atom stereocenters. The minimum absolute atomic E-state index is 0.0283. The number of hydrogen-bond donors (Lipinski definition) is 3. The molecule has 2 aromatic carbocycles. The highest BCUT2D eigenvalue weighted by Gasteiger charge is 2.16. The summed E-state index contributed by atoms with van der Waals surface area (Å²) >= 11 is 0. The average molecular weight is 373 g/mol. The Labute approximate surface area is 158 Å². The van der Waals surface area contributed by atoms with Crippen LogP contribution >= 0.6 is 0 Å². The molecule has 0 heterocycles. The van der Waals surface area contributed by atoms with Gasteiger partial charge in [-0.15, -0.1) is 0 Å². The summed E-state index contributed by atoms with van der Waals surface area (Å²) in [7, 11) is 0. The lowest BCUT2D eigenvalue weighted by molar-refractivity contribution is -0.116. The minimum atomic E-state index is -0.605. The van der Waals surface area contributed by atoms with Crippen LogP contribution in [0.4, 0.5) is 26.2 Å².